The normalized spacial score (nSPS) is 12.8. The smallest absolute Gasteiger partial charge is 0.329 e. The van der Waals surface area contributed by atoms with E-state index in [0.717, 1.165) is 12.8 Å². The predicted molar refractivity (Wildman–Crippen MR) is 106 cm³/mol. The summed E-state index contributed by atoms with van der Waals surface area (Å²) in [4.78, 5) is 31.0. The standard InChI is InChI=1S/C17H27ClN4O3S/c1-3-4-5-6-7-8-9-22-13-14(21(2)16(25)20-15(13)24)19-17(22)26-11-12(23)10-18/h12,23H,3-11H2,1-2H3,(H,20,24,25). The van der Waals surface area contributed by atoms with E-state index >= 15 is 0 Å². The second kappa shape index (κ2) is 10.2. The molecule has 7 nitrogen and oxygen atoms in total. The third-order valence-electron chi connectivity index (χ3n) is 4.29. The van der Waals surface area contributed by atoms with Crippen molar-refractivity contribution in [3.05, 3.63) is 20.8 Å². The van der Waals surface area contributed by atoms with Gasteiger partial charge in [-0.15, -0.1) is 11.6 Å². The molecular formula is C17H27ClN4O3S. The number of thioether (sulfide) groups is 1. The summed E-state index contributed by atoms with van der Waals surface area (Å²) in [6.45, 7) is 2.84. The lowest BCUT2D eigenvalue weighted by Gasteiger charge is -2.10. The fourth-order valence-corrected chi connectivity index (χ4v) is 3.98. The average molecular weight is 403 g/mol. The van der Waals surface area contributed by atoms with Crippen molar-refractivity contribution in [3.63, 3.8) is 0 Å². The van der Waals surface area contributed by atoms with Crippen LogP contribution in [0.3, 0.4) is 0 Å². The third-order valence-corrected chi connectivity index (χ3v) is 5.77. The number of nitrogens with zero attached hydrogens (tertiary/aromatic N) is 3. The number of halogens is 1. The summed E-state index contributed by atoms with van der Waals surface area (Å²) in [5.74, 6) is 0.527. The van der Waals surface area contributed by atoms with Crippen LogP contribution in [0, 0.1) is 0 Å². The van der Waals surface area contributed by atoms with E-state index in [1.165, 1.54) is 42.0 Å². The molecule has 2 rings (SSSR count). The number of nitrogens with one attached hydrogen (secondary N) is 1. The molecule has 26 heavy (non-hydrogen) atoms. The van der Waals surface area contributed by atoms with E-state index in [-0.39, 0.29) is 5.88 Å². The Hall–Kier alpha value is -1.25. The average Bonchev–Trinajstić information content (AvgIpc) is 2.99. The highest BCUT2D eigenvalue weighted by atomic mass is 35.5. The van der Waals surface area contributed by atoms with Gasteiger partial charge in [0.25, 0.3) is 5.56 Å². The first-order valence-electron chi connectivity index (χ1n) is 9.06. The number of aliphatic hydroxyl groups is 1. The van der Waals surface area contributed by atoms with Crippen molar-refractivity contribution in [2.24, 2.45) is 7.05 Å². The number of alkyl halides is 1. The minimum absolute atomic E-state index is 0.143. The molecule has 2 aromatic heterocycles. The van der Waals surface area contributed by atoms with Crippen LogP contribution >= 0.6 is 23.4 Å². The van der Waals surface area contributed by atoms with Crippen LogP contribution in [0.5, 0.6) is 0 Å². The van der Waals surface area contributed by atoms with Crippen LogP contribution < -0.4 is 11.2 Å². The number of hydrogen-bond acceptors (Lipinski definition) is 5. The first-order valence-corrected chi connectivity index (χ1v) is 10.6. The zero-order valence-corrected chi connectivity index (χ0v) is 16.9. The first kappa shape index (κ1) is 21.1. The number of imidazole rings is 1. The molecule has 1 atom stereocenters. The van der Waals surface area contributed by atoms with E-state index in [2.05, 4.69) is 16.9 Å². The summed E-state index contributed by atoms with van der Waals surface area (Å²) in [6, 6.07) is 0. The molecule has 0 aromatic carbocycles. The Balaban J connectivity index is 2.26. The molecule has 0 amide bonds. The maximum atomic E-state index is 12.3. The molecule has 0 fully saturated rings. The Morgan fingerprint density at radius 1 is 1.23 bits per heavy atom. The minimum Gasteiger partial charge on any atom is -0.391 e. The zero-order chi connectivity index (χ0) is 19.1. The highest BCUT2D eigenvalue weighted by molar-refractivity contribution is 7.99. The van der Waals surface area contributed by atoms with Crippen molar-refractivity contribution in [2.45, 2.75) is 63.3 Å². The Kier molecular flexibility index (Phi) is 8.24. The van der Waals surface area contributed by atoms with Gasteiger partial charge in [-0.1, -0.05) is 50.8 Å². The van der Waals surface area contributed by atoms with E-state index in [9.17, 15) is 14.7 Å². The van der Waals surface area contributed by atoms with Crippen LogP contribution in [0.1, 0.15) is 45.4 Å². The van der Waals surface area contributed by atoms with Crippen molar-refractivity contribution in [3.8, 4) is 0 Å². The van der Waals surface area contributed by atoms with Gasteiger partial charge < -0.3 is 9.67 Å². The molecule has 0 bridgehead atoms. The fourth-order valence-electron chi connectivity index (χ4n) is 2.80. The molecule has 2 N–H and O–H groups in total. The number of rotatable bonds is 11. The number of aromatic amines is 1. The van der Waals surface area contributed by atoms with Crippen LogP contribution in [0.25, 0.3) is 11.2 Å². The molecule has 2 heterocycles. The van der Waals surface area contributed by atoms with Crippen molar-refractivity contribution >= 4 is 34.5 Å². The molecule has 0 aliphatic carbocycles. The molecule has 0 aliphatic heterocycles. The fraction of sp³-hybridized carbons (Fsp3) is 0.706. The molecule has 0 spiro atoms. The van der Waals surface area contributed by atoms with Gasteiger partial charge in [-0.3, -0.25) is 14.3 Å². The quantitative estimate of drug-likeness (QED) is 0.342. The molecule has 0 saturated carbocycles. The van der Waals surface area contributed by atoms with E-state index in [1.54, 1.807) is 7.05 Å². The second-order valence-electron chi connectivity index (χ2n) is 6.42. The van der Waals surface area contributed by atoms with Gasteiger partial charge in [0.1, 0.15) is 0 Å². The number of aromatic nitrogens is 4. The van der Waals surface area contributed by atoms with E-state index in [0.29, 0.717) is 28.6 Å². The van der Waals surface area contributed by atoms with Gasteiger partial charge in [0, 0.05) is 25.2 Å². The van der Waals surface area contributed by atoms with Crippen molar-refractivity contribution in [2.75, 3.05) is 11.6 Å². The van der Waals surface area contributed by atoms with Crippen LogP contribution in [0.15, 0.2) is 14.7 Å². The van der Waals surface area contributed by atoms with Gasteiger partial charge in [-0.05, 0) is 6.42 Å². The van der Waals surface area contributed by atoms with Crippen LogP contribution in [-0.2, 0) is 13.6 Å². The highest BCUT2D eigenvalue weighted by Gasteiger charge is 2.18. The second-order valence-corrected chi connectivity index (χ2v) is 7.72. The number of unbranched alkanes of at least 4 members (excludes halogenated alkanes) is 5. The maximum Gasteiger partial charge on any atom is 0.329 e. The first-order chi connectivity index (χ1) is 12.5. The summed E-state index contributed by atoms with van der Waals surface area (Å²) in [7, 11) is 1.59. The monoisotopic (exact) mass is 402 g/mol. The lowest BCUT2D eigenvalue weighted by molar-refractivity contribution is 0.223. The van der Waals surface area contributed by atoms with Gasteiger partial charge >= 0.3 is 5.69 Å². The largest absolute Gasteiger partial charge is 0.391 e. The summed E-state index contributed by atoms with van der Waals surface area (Å²) >= 11 is 7.01. The van der Waals surface area contributed by atoms with Crippen LogP contribution in [0.4, 0.5) is 0 Å². The minimum atomic E-state index is -0.647. The predicted octanol–water partition coefficient (Wildman–Crippen LogP) is 2.48. The number of aryl methyl sites for hydroxylation is 2. The Labute approximate surface area is 161 Å². The van der Waals surface area contributed by atoms with Gasteiger partial charge in [-0.2, -0.15) is 0 Å². The molecule has 0 aliphatic rings. The number of fused-ring (bicyclic) bond motifs is 1. The highest BCUT2D eigenvalue weighted by Crippen LogP contribution is 2.23. The lowest BCUT2D eigenvalue weighted by Crippen LogP contribution is -2.29. The Morgan fingerprint density at radius 2 is 1.92 bits per heavy atom. The Bertz CT molecular complexity index is 830. The molecule has 146 valence electrons. The van der Waals surface area contributed by atoms with Crippen molar-refractivity contribution < 1.29 is 5.11 Å². The van der Waals surface area contributed by atoms with Gasteiger partial charge in [0.2, 0.25) is 0 Å². The third kappa shape index (κ3) is 5.14. The summed E-state index contributed by atoms with van der Waals surface area (Å²) in [5, 5.41) is 10.4. The van der Waals surface area contributed by atoms with Gasteiger partial charge in [0.15, 0.2) is 16.3 Å². The van der Waals surface area contributed by atoms with Crippen molar-refractivity contribution in [1.82, 2.24) is 19.1 Å². The number of aliphatic hydroxyl groups excluding tert-OH is 1. The SMILES string of the molecule is CCCCCCCCn1c(SCC(O)CCl)nc2c1c(=O)[nH]c(=O)n2C. The maximum absolute atomic E-state index is 12.3. The van der Waals surface area contributed by atoms with Crippen LogP contribution in [0.2, 0.25) is 0 Å². The van der Waals surface area contributed by atoms with Crippen molar-refractivity contribution in [1.29, 1.82) is 0 Å². The van der Waals surface area contributed by atoms with Gasteiger partial charge in [0.05, 0.1) is 6.10 Å². The van der Waals surface area contributed by atoms with Gasteiger partial charge in [-0.25, -0.2) is 9.78 Å². The number of H-pyrrole nitrogens is 1. The molecular weight excluding hydrogens is 376 g/mol. The molecule has 9 heteroatoms. The topological polar surface area (TPSA) is 92.9 Å². The zero-order valence-electron chi connectivity index (χ0n) is 15.3. The summed E-state index contributed by atoms with van der Waals surface area (Å²) in [6.07, 6.45) is 6.21. The number of hydrogen-bond donors (Lipinski definition) is 2. The summed E-state index contributed by atoms with van der Waals surface area (Å²) < 4.78 is 3.20. The molecule has 1 unspecified atom stereocenters. The summed E-state index contributed by atoms with van der Waals surface area (Å²) in [5.41, 5.74) is -0.133. The van der Waals surface area contributed by atoms with E-state index in [4.69, 9.17) is 11.6 Å². The molecule has 0 radical (unpaired) electrons. The molecule has 2 aromatic rings. The van der Waals surface area contributed by atoms with E-state index in [1.807, 2.05) is 4.57 Å². The lowest BCUT2D eigenvalue weighted by atomic mass is 10.1. The van der Waals surface area contributed by atoms with E-state index < -0.39 is 17.4 Å². The molecule has 0 saturated heterocycles. The van der Waals surface area contributed by atoms with Crippen LogP contribution in [-0.4, -0.2) is 41.9 Å². The Morgan fingerprint density at radius 3 is 2.62 bits per heavy atom.